The van der Waals surface area contributed by atoms with Crippen molar-refractivity contribution in [3.05, 3.63) is 45.7 Å². The van der Waals surface area contributed by atoms with Crippen LogP contribution in [0.25, 0.3) is 0 Å². The van der Waals surface area contributed by atoms with E-state index in [1.807, 2.05) is 31.2 Å². The Morgan fingerprint density at radius 2 is 2.00 bits per heavy atom. The highest BCUT2D eigenvalue weighted by Crippen LogP contribution is 2.25. The molecule has 1 aliphatic carbocycles. The molecule has 0 bridgehead atoms. The van der Waals surface area contributed by atoms with Crippen molar-refractivity contribution in [2.45, 2.75) is 39.0 Å². The molecule has 0 spiro atoms. The van der Waals surface area contributed by atoms with Crippen molar-refractivity contribution in [2.75, 3.05) is 11.9 Å². The standard InChI is InChI=1S/C18H24N4OS/c1-12-7-9-14(10-8-12)21-18-15(17(23)22-24-18)16(19)20-11-13-5-3-2-4-6-13/h7-10,13,21H,2-6,11H2,1H3,(H2,19,20)(H,22,23). The minimum absolute atomic E-state index is 0.181. The molecule has 1 aliphatic rings. The van der Waals surface area contributed by atoms with E-state index in [9.17, 15) is 4.79 Å². The Morgan fingerprint density at radius 1 is 1.29 bits per heavy atom. The summed E-state index contributed by atoms with van der Waals surface area (Å²) in [5.74, 6) is 0.932. The summed E-state index contributed by atoms with van der Waals surface area (Å²) in [5, 5.41) is 3.98. The van der Waals surface area contributed by atoms with Gasteiger partial charge in [-0.3, -0.25) is 14.2 Å². The number of rotatable bonds is 5. The van der Waals surface area contributed by atoms with E-state index in [0.29, 0.717) is 28.9 Å². The number of aliphatic imine (C=N–C) groups is 1. The topological polar surface area (TPSA) is 83.3 Å². The molecular formula is C18H24N4OS. The van der Waals surface area contributed by atoms with Gasteiger partial charge in [-0.15, -0.1) is 0 Å². The molecule has 2 aromatic rings. The Kier molecular flexibility index (Phi) is 5.35. The second kappa shape index (κ2) is 7.66. The van der Waals surface area contributed by atoms with E-state index in [1.165, 1.54) is 49.2 Å². The van der Waals surface area contributed by atoms with Crippen LogP contribution in [0.3, 0.4) is 0 Å². The molecule has 1 aromatic heterocycles. The molecule has 1 heterocycles. The predicted molar refractivity (Wildman–Crippen MR) is 102 cm³/mol. The lowest BCUT2D eigenvalue weighted by atomic mass is 9.89. The summed E-state index contributed by atoms with van der Waals surface area (Å²) in [6.07, 6.45) is 6.31. The number of aromatic nitrogens is 1. The van der Waals surface area contributed by atoms with Gasteiger partial charge in [0.1, 0.15) is 16.4 Å². The number of hydrogen-bond donors (Lipinski definition) is 3. The molecule has 24 heavy (non-hydrogen) atoms. The lowest BCUT2D eigenvalue weighted by Gasteiger charge is -2.19. The van der Waals surface area contributed by atoms with Crippen LogP contribution in [-0.2, 0) is 0 Å². The van der Waals surface area contributed by atoms with Crippen LogP contribution in [0.5, 0.6) is 0 Å². The quantitative estimate of drug-likeness (QED) is 0.570. The first kappa shape index (κ1) is 16.8. The third-order valence-corrected chi connectivity index (χ3v) is 5.31. The van der Waals surface area contributed by atoms with Gasteiger partial charge in [-0.25, -0.2) is 0 Å². The monoisotopic (exact) mass is 344 g/mol. The summed E-state index contributed by atoms with van der Waals surface area (Å²) in [6, 6.07) is 8.02. The Hall–Kier alpha value is -2.08. The Balaban J connectivity index is 1.75. The lowest BCUT2D eigenvalue weighted by Crippen LogP contribution is -2.23. The van der Waals surface area contributed by atoms with Gasteiger partial charge < -0.3 is 11.1 Å². The lowest BCUT2D eigenvalue weighted by molar-refractivity contribution is 0.367. The molecule has 4 N–H and O–H groups in total. The van der Waals surface area contributed by atoms with E-state index in [-0.39, 0.29) is 5.56 Å². The maximum atomic E-state index is 12.1. The van der Waals surface area contributed by atoms with E-state index in [4.69, 9.17) is 5.73 Å². The Bertz CT molecular complexity index is 754. The second-order valence-corrected chi connectivity index (χ2v) is 7.27. The zero-order chi connectivity index (χ0) is 16.9. The maximum absolute atomic E-state index is 12.1. The van der Waals surface area contributed by atoms with Crippen LogP contribution in [0.4, 0.5) is 10.7 Å². The van der Waals surface area contributed by atoms with Crippen LogP contribution in [-0.4, -0.2) is 16.8 Å². The molecule has 1 fully saturated rings. The van der Waals surface area contributed by atoms with Crippen LogP contribution in [0.2, 0.25) is 0 Å². The van der Waals surface area contributed by atoms with E-state index in [0.717, 1.165) is 5.69 Å². The van der Waals surface area contributed by atoms with E-state index < -0.39 is 0 Å². The average molecular weight is 344 g/mol. The minimum Gasteiger partial charge on any atom is -0.383 e. The number of anilines is 2. The normalized spacial score (nSPS) is 16.3. The molecule has 0 atom stereocenters. The number of nitrogens with zero attached hydrogens (tertiary/aromatic N) is 1. The second-order valence-electron chi connectivity index (χ2n) is 6.46. The predicted octanol–water partition coefficient (Wildman–Crippen LogP) is 3.77. The number of nitrogens with two attached hydrogens (primary N) is 1. The fourth-order valence-corrected chi connectivity index (χ4v) is 3.83. The Morgan fingerprint density at radius 3 is 2.71 bits per heavy atom. The maximum Gasteiger partial charge on any atom is 0.271 e. The van der Waals surface area contributed by atoms with Crippen LogP contribution in [0.15, 0.2) is 34.1 Å². The summed E-state index contributed by atoms with van der Waals surface area (Å²) >= 11 is 1.26. The number of hydrogen-bond acceptors (Lipinski definition) is 4. The third-order valence-electron chi connectivity index (χ3n) is 4.51. The summed E-state index contributed by atoms with van der Waals surface area (Å²) in [5.41, 5.74) is 8.53. The molecule has 3 rings (SSSR count). The van der Waals surface area contributed by atoms with Crippen molar-refractivity contribution in [1.29, 1.82) is 0 Å². The number of H-pyrrole nitrogens is 1. The first-order valence-corrected chi connectivity index (χ1v) is 9.30. The van der Waals surface area contributed by atoms with E-state index >= 15 is 0 Å². The van der Waals surface area contributed by atoms with Crippen molar-refractivity contribution in [1.82, 2.24) is 4.37 Å². The van der Waals surface area contributed by atoms with Gasteiger partial charge in [0, 0.05) is 12.2 Å². The number of amidine groups is 1. The SMILES string of the molecule is Cc1ccc(Nc2s[nH]c(=O)c2C(N)=NCC2CCCCC2)cc1. The molecule has 128 valence electrons. The molecular weight excluding hydrogens is 320 g/mol. The number of aryl methyl sites for hydroxylation is 1. The van der Waals surface area contributed by atoms with Crippen molar-refractivity contribution in [3.8, 4) is 0 Å². The van der Waals surface area contributed by atoms with Crippen molar-refractivity contribution < 1.29 is 0 Å². The summed E-state index contributed by atoms with van der Waals surface area (Å²) < 4.78 is 2.75. The van der Waals surface area contributed by atoms with Gasteiger partial charge in [0.2, 0.25) is 0 Å². The average Bonchev–Trinajstić information content (AvgIpc) is 2.96. The zero-order valence-electron chi connectivity index (χ0n) is 14.0. The molecule has 0 aliphatic heterocycles. The molecule has 0 saturated heterocycles. The number of aromatic amines is 1. The van der Waals surface area contributed by atoms with Gasteiger partial charge in [0.05, 0.1) is 0 Å². The highest BCUT2D eigenvalue weighted by Gasteiger charge is 2.17. The molecule has 1 aromatic carbocycles. The van der Waals surface area contributed by atoms with Gasteiger partial charge in [-0.2, -0.15) is 0 Å². The van der Waals surface area contributed by atoms with Crippen molar-refractivity contribution in [2.24, 2.45) is 16.6 Å². The molecule has 6 heteroatoms. The van der Waals surface area contributed by atoms with Crippen LogP contribution < -0.4 is 16.6 Å². The van der Waals surface area contributed by atoms with Gasteiger partial charge in [0.25, 0.3) is 5.56 Å². The summed E-state index contributed by atoms with van der Waals surface area (Å²) in [7, 11) is 0. The van der Waals surface area contributed by atoms with Crippen molar-refractivity contribution in [3.63, 3.8) is 0 Å². The fourth-order valence-electron chi connectivity index (χ4n) is 3.07. The number of benzene rings is 1. The number of nitrogens with one attached hydrogen (secondary N) is 2. The smallest absolute Gasteiger partial charge is 0.271 e. The van der Waals surface area contributed by atoms with Crippen molar-refractivity contribution >= 4 is 28.1 Å². The molecule has 5 nitrogen and oxygen atoms in total. The highest BCUT2D eigenvalue weighted by molar-refractivity contribution is 7.10. The summed E-state index contributed by atoms with van der Waals surface area (Å²) in [6.45, 7) is 2.75. The molecule has 1 saturated carbocycles. The molecule has 0 amide bonds. The fraction of sp³-hybridized carbons (Fsp3) is 0.444. The third kappa shape index (κ3) is 4.06. The first-order chi connectivity index (χ1) is 11.6. The molecule has 0 radical (unpaired) electrons. The highest BCUT2D eigenvalue weighted by atomic mass is 32.1. The van der Waals surface area contributed by atoms with Gasteiger partial charge in [0.15, 0.2) is 0 Å². The van der Waals surface area contributed by atoms with Crippen LogP contribution >= 0.6 is 11.5 Å². The van der Waals surface area contributed by atoms with E-state index in [1.54, 1.807) is 0 Å². The first-order valence-electron chi connectivity index (χ1n) is 8.49. The largest absolute Gasteiger partial charge is 0.383 e. The summed E-state index contributed by atoms with van der Waals surface area (Å²) in [4.78, 5) is 16.6. The van der Waals surface area contributed by atoms with Crippen LogP contribution in [0, 0.1) is 12.8 Å². The van der Waals surface area contributed by atoms with Crippen LogP contribution in [0.1, 0.15) is 43.2 Å². The van der Waals surface area contributed by atoms with Gasteiger partial charge in [-0.05, 0) is 49.3 Å². The van der Waals surface area contributed by atoms with E-state index in [2.05, 4.69) is 14.7 Å². The zero-order valence-corrected chi connectivity index (χ0v) is 14.8. The molecule has 0 unspecified atom stereocenters. The minimum atomic E-state index is -0.181. The Labute approximate surface area is 146 Å². The van der Waals surface area contributed by atoms with Gasteiger partial charge >= 0.3 is 0 Å². The van der Waals surface area contributed by atoms with Gasteiger partial charge in [-0.1, -0.05) is 37.0 Å².